The molecule has 0 radical (unpaired) electrons. The Hall–Kier alpha value is -2.33. The molecule has 2 rings (SSSR count). The molecular formula is C15H11ClO4. The lowest BCUT2D eigenvalue weighted by molar-refractivity contribution is 0.0696. The molecule has 0 fully saturated rings. The standard InChI is InChI=1S/C15H11ClO4/c16-9-12-8-11(14(17)18)6-7-13(12)20-15(19)10-4-2-1-3-5-10/h1-8H,9H2,(H,17,18). The summed E-state index contributed by atoms with van der Waals surface area (Å²) < 4.78 is 5.24. The molecule has 5 heteroatoms. The lowest BCUT2D eigenvalue weighted by atomic mass is 10.1. The van der Waals surface area contributed by atoms with Gasteiger partial charge < -0.3 is 9.84 Å². The van der Waals surface area contributed by atoms with Crippen LogP contribution in [0.4, 0.5) is 0 Å². The number of carbonyl (C=O) groups is 2. The van der Waals surface area contributed by atoms with Crippen LogP contribution in [0.3, 0.4) is 0 Å². The summed E-state index contributed by atoms with van der Waals surface area (Å²) in [6.45, 7) is 0. The minimum atomic E-state index is -1.06. The highest BCUT2D eigenvalue weighted by Crippen LogP contribution is 2.23. The number of hydrogen-bond donors (Lipinski definition) is 1. The van der Waals surface area contributed by atoms with Crippen molar-refractivity contribution in [2.24, 2.45) is 0 Å². The Morgan fingerprint density at radius 1 is 1.05 bits per heavy atom. The molecule has 0 unspecified atom stereocenters. The number of carboxylic acids is 1. The number of ether oxygens (including phenoxy) is 1. The first-order valence-corrected chi connectivity index (χ1v) is 6.34. The summed E-state index contributed by atoms with van der Waals surface area (Å²) in [4.78, 5) is 22.8. The number of rotatable bonds is 4. The van der Waals surface area contributed by atoms with Crippen molar-refractivity contribution in [2.45, 2.75) is 5.88 Å². The molecule has 2 aromatic carbocycles. The average molecular weight is 291 g/mol. The highest BCUT2D eigenvalue weighted by atomic mass is 35.5. The van der Waals surface area contributed by atoms with E-state index >= 15 is 0 Å². The Bertz CT molecular complexity index is 638. The van der Waals surface area contributed by atoms with Gasteiger partial charge in [-0.3, -0.25) is 0 Å². The van der Waals surface area contributed by atoms with E-state index in [4.69, 9.17) is 21.4 Å². The van der Waals surface area contributed by atoms with Crippen LogP contribution in [0.5, 0.6) is 5.75 Å². The lowest BCUT2D eigenvalue weighted by Gasteiger charge is -2.09. The zero-order valence-electron chi connectivity index (χ0n) is 10.4. The van der Waals surface area contributed by atoms with Crippen LogP contribution >= 0.6 is 11.6 Å². The maximum absolute atomic E-state index is 11.9. The fourth-order valence-electron chi connectivity index (χ4n) is 1.65. The third-order valence-corrected chi connectivity index (χ3v) is 2.95. The second-order valence-electron chi connectivity index (χ2n) is 4.02. The van der Waals surface area contributed by atoms with E-state index in [-0.39, 0.29) is 17.2 Å². The largest absolute Gasteiger partial charge is 0.478 e. The number of alkyl halides is 1. The van der Waals surface area contributed by atoms with Gasteiger partial charge in [-0.2, -0.15) is 0 Å². The molecule has 0 aromatic heterocycles. The molecule has 0 heterocycles. The van der Waals surface area contributed by atoms with Crippen LogP contribution < -0.4 is 4.74 Å². The predicted molar refractivity (Wildman–Crippen MR) is 74.4 cm³/mol. The van der Waals surface area contributed by atoms with E-state index in [1.165, 1.54) is 18.2 Å². The molecule has 0 aliphatic heterocycles. The summed E-state index contributed by atoms with van der Waals surface area (Å²) in [5, 5.41) is 8.90. The van der Waals surface area contributed by atoms with E-state index < -0.39 is 11.9 Å². The van der Waals surface area contributed by atoms with Gasteiger partial charge in [0.1, 0.15) is 5.75 Å². The summed E-state index contributed by atoms with van der Waals surface area (Å²) >= 11 is 5.75. The molecule has 4 nitrogen and oxygen atoms in total. The minimum Gasteiger partial charge on any atom is -0.478 e. The molecule has 0 atom stereocenters. The van der Waals surface area contributed by atoms with Crippen molar-refractivity contribution in [3.63, 3.8) is 0 Å². The molecule has 2 aromatic rings. The van der Waals surface area contributed by atoms with Gasteiger partial charge in [-0.25, -0.2) is 9.59 Å². The molecule has 0 amide bonds. The van der Waals surface area contributed by atoms with Crippen molar-refractivity contribution in [2.75, 3.05) is 0 Å². The number of carboxylic acid groups (broad SMARTS) is 1. The molecule has 20 heavy (non-hydrogen) atoms. The Morgan fingerprint density at radius 2 is 1.75 bits per heavy atom. The van der Waals surface area contributed by atoms with Crippen molar-refractivity contribution >= 4 is 23.5 Å². The van der Waals surface area contributed by atoms with Gasteiger partial charge in [-0.15, -0.1) is 11.6 Å². The van der Waals surface area contributed by atoms with Crippen molar-refractivity contribution in [1.29, 1.82) is 0 Å². The quantitative estimate of drug-likeness (QED) is 0.533. The number of carbonyl (C=O) groups excluding carboxylic acids is 1. The van der Waals surface area contributed by atoms with Crippen LogP contribution in [0.2, 0.25) is 0 Å². The average Bonchev–Trinajstić information content (AvgIpc) is 2.48. The Morgan fingerprint density at radius 3 is 2.35 bits per heavy atom. The zero-order chi connectivity index (χ0) is 14.5. The third kappa shape index (κ3) is 3.16. The molecule has 0 spiro atoms. The van der Waals surface area contributed by atoms with Gasteiger partial charge in [-0.1, -0.05) is 18.2 Å². The number of aromatic carboxylic acids is 1. The van der Waals surface area contributed by atoms with Crippen LogP contribution in [0.15, 0.2) is 48.5 Å². The minimum absolute atomic E-state index is 0.0541. The van der Waals surface area contributed by atoms with E-state index in [1.807, 2.05) is 0 Å². The summed E-state index contributed by atoms with van der Waals surface area (Å²) in [5.74, 6) is -1.25. The van der Waals surface area contributed by atoms with Gasteiger partial charge in [0, 0.05) is 5.56 Å². The first kappa shape index (κ1) is 14.1. The van der Waals surface area contributed by atoms with Gasteiger partial charge in [0.25, 0.3) is 0 Å². The monoisotopic (exact) mass is 290 g/mol. The number of esters is 1. The fraction of sp³-hybridized carbons (Fsp3) is 0.0667. The molecule has 0 aliphatic carbocycles. The summed E-state index contributed by atoms with van der Waals surface area (Å²) in [6.07, 6.45) is 0. The van der Waals surface area contributed by atoms with Gasteiger partial charge >= 0.3 is 11.9 Å². The maximum Gasteiger partial charge on any atom is 0.343 e. The van der Waals surface area contributed by atoms with Gasteiger partial charge in [0.15, 0.2) is 0 Å². The molecular weight excluding hydrogens is 280 g/mol. The second-order valence-corrected chi connectivity index (χ2v) is 4.28. The second kappa shape index (κ2) is 6.21. The summed E-state index contributed by atoms with van der Waals surface area (Å²) in [5.41, 5.74) is 0.964. The molecule has 0 saturated heterocycles. The summed E-state index contributed by atoms with van der Waals surface area (Å²) in [7, 11) is 0. The predicted octanol–water partition coefficient (Wildman–Crippen LogP) is 3.34. The molecule has 1 N–H and O–H groups in total. The Labute approximate surface area is 120 Å². The van der Waals surface area contributed by atoms with Crippen molar-refractivity contribution in [3.8, 4) is 5.75 Å². The summed E-state index contributed by atoms with van der Waals surface area (Å²) in [6, 6.07) is 12.7. The topological polar surface area (TPSA) is 63.6 Å². The van der Waals surface area contributed by atoms with Crippen LogP contribution in [0, 0.1) is 0 Å². The van der Waals surface area contributed by atoms with Gasteiger partial charge in [0.2, 0.25) is 0 Å². The number of hydrogen-bond acceptors (Lipinski definition) is 3. The highest BCUT2D eigenvalue weighted by Gasteiger charge is 2.13. The molecule has 102 valence electrons. The first-order chi connectivity index (χ1) is 9.61. The van der Waals surface area contributed by atoms with Gasteiger partial charge in [0.05, 0.1) is 17.0 Å². The number of halogens is 1. The van der Waals surface area contributed by atoms with Crippen molar-refractivity contribution < 1.29 is 19.4 Å². The Kier molecular flexibility index (Phi) is 4.38. The normalized spacial score (nSPS) is 10.1. The van der Waals surface area contributed by atoms with Crippen molar-refractivity contribution in [1.82, 2.24) is 0 Å². The lowest BCUT2D eigenvalue weighted by Crippen LogP contribution is -2.10. The van der Waals surface area contributed by atoms with Crippen LogP contribution in [0.1, 0.15) is 26.3 Å². The smallest absolute Gasteiger partial charge is 0.343 e. The van der Waals surface area contributed by atoms with Crippen LogP contribution in [-0.2, 0) is 5.88 Å². The van der Waals surface area contributed by atoms with Crippen molar-refractivity contribution in [3.05, 3.63) is 65.2 Å². The van der Waals surface area contributed by atoms with E-state index in [0.717, 1.165) is 0 Å². The first-order valence-electron chi connectivity index (χ1n) is 5.81. The van der Waals surface area contributed by atoms with Crippen LogP contribution in [0.25, 0.3) is 0 Å². The zero-order valence-corrected chi connectivity index (χ0v) is 11.1. The molecule has 0 saturated carbocycles. The highest BCUT2D eigenvalue weighted by molar-refractivity contribution is 6.17. The Balaban J connectivity index is 2.25. The van der Waals surface area contributed by atoms with Gasteiger partial charge in [-0.05, 0) is 30.3 Å². The van der Waals surface area contributed by atoms with E-state index in [0.29, 0.717) is 11.1 Å². The van der Waals surface area contributed by atoms with Crippen LogP contribution in [-0.4, -0.2) is 17.0 Å². The molecule has 0 aliphatic rings. The third-order valence-electron chi connectivity index (χ3n) is 2.66. The fourth-order valence-corrected chi connectivity index (χ4v) is 1.86. The van der Waals surface area contributed by atoms with E-state index in [1.54, 1.807) is 30.3 Å². The van der Waals surface area contributed by atoms with E-state index in [9.17, 15) is 9.59 Å². The SMILES string of the molecule is O=C(O)c1ccc(OC(=O)c2ccccc2)c(CCl)c1. The van der Waals surface area contributed by atoms with E-state index in [2.05, 4.69) is 0 Å². The molecule has 0 bridgehead atoms. The number of benzene rings is 2. The maximum atomic E-state index is 11.9.